The van der Waals surface area contributed by atoms with E-state index in [0.717, 1.165) is 0 Å². The predicted molar refractivity (Wildman–Crippen MR) is 41.6 cm³/mol. The third-order valence-corrected chi connectivity index (χ3v) is 1.44. The van der Waals surface area contributed by atoms with E-state index >= 15 is 0 Å². The molecule has 0 spiro atoms. The molecule has 1 N–H and O–H groups in total. The Morgan fingerprint density at radius 2 is 2.33 bits per heavy atom. The van der Waals surface area contributed by atoms with Crippen molar-refractivity contribution in [3.8, 4) is 0 Å². The summed E-state index contributed by atoms with van der Waals surface area (Å²) in [7, 11) is 0. The van der Waals surface area contributed by atoms with Crippen LogP contribution in [0.25, 0.3) is 0 Å². The van der Waals surface area contributed by atoms with Gasteiger partial charge in [0.15, 0.2) is 0 Å². The number of rotatable bonds is 1. The van der Waals surface area contributed by atoms with E-state index in [9.17, 15) is 9.59 Å². The summed E-state index contributed by atoms with van der Waals surface area (Å²) in [6.45, 7) is 1.67. The van der Waals surface area contributed by atoms with Gasteiger partial charge < -0.3 is 5.11 Å². The highest BCUT2D eigenvalue weighted by Gasteiger charge is 2.12. The zero-order valence-electron chi connectivity index (χ0n) is 6.52. The van der Waals surface area contributed by atoms with Gasteiger partial charge in [0.1, 0.15) is 5.70 Å². The quantitative estimate of drug-likeness (QED) is 0.591. The fourth-order valence-electron chi connectivity index (χ4n) is 0.769. The highest BCUT2D eigenvalue weighted by molar-refractivity contribution is 5.93. The van der Waals surface area contributed by atoms with Crippen molar-refractivity contribution in [2.24, 2.45) is 4.99 Å². The maximum absolute atomic E-state index is 10.7. The van der Waals surface area contributed by atoms with Crippen LogP contribution in [0, 0.1) is 0 Å². The number of carbonyl (C=O) groups is 2. The van der Waals surface area contributed by atoms with Crippen molar-refractivity contribution in [3.05, 3.63) is 11.8 Å². The van der Waals surface area contributed by atoms with Gasteiger partial charge in [0.05, 0.1) is 6.34 Å². The molecule has 0 saturated heterocycles. The van der Waals surface area contributed by atoms with E-state index in [1.807, 2.05) is 0 Å². The van der Waals surface area contributed by atoms with Crippen LogP contribution in [0.2, 0.25) is 0 Å². The van der Waals surface area contributed by atoms with Gasteiger partial charge in [-0.2, -0.15) is 0 Å². The summed E-state index contributed by atoms with van der Waals surface area (Å²) in [4.78, 5) is 26.0. The molecule has 1 amide bonds. The number of aliphatic imine (C=N–C) groups is 1. The van der Waals surface area contributed by atoms with Gasteiger partial charge in [-0.25, -0.2) is 9.79 Å². The van der Waals surface area contributed by atoms with E-state index in [0.29, 0.717) is 0 Å². The Bertz CT molecular complexity index is 280. The van der Waals surface area contributed by atoms with Crippen molar-refractivity contribution >= 4 is 18.2 Å². The van der Waals surface area contributed by atoms with Gasteiger partial charge in [-0.1, -0.05) is 0 Å². The molecule has 0 aromatic heterocycles. The standard InChI is InChI=1S/C7H8N2O3/c1-5(10)9-3-2-6(7(11)12)8-4-9/h2,4H,3H2,1H3,(H,11,12). The average molecular weight is 168 g/mol. The summed E-state index contributed by atoms with van der Waals surface area (Å²) >= 11 is 0. The molecule has 0 saturated carbocycles. The first-order valence-electron chi connectivity index (χ1n) is 3.36. The first-order valence-corrected chi connectivity index (χ1v) is 3.36. The summed E-state index contributed by atoms with van der Waals surface area (Å²) in [5.41, 5.74) is -0.0208. The van der Waals surface area contributed by atoms with Crippen molar-refractivity contribution in [2.75, 3.05) is 6.54 Å². The van der Waals surface area contributed by atoms with Crippen LogP contribution in [0.3, 0.4) is 0 Å². The average Bonchev–Trinajstić information content (AvgIpc) is 2.04. The lowest BCUT2D eigenvalue weighted by Crippen LogP contribution is -2.30. The summed E-state index contributed by atoms with van der Waals surface area (Å²) in [6.07, 6.45) is 2.62. The van der Waals surface area contributed by atoms with Gasteiger partial charge in [0.25, 0.3) is 0 Å². The molecular formula is C7H8N2O3. The van der Waals surface area contributed by atoms with Gasteiger partial charge in [-0.05, 0) is 6.08 Å². The van der Waals surface area contributed by atoms with Crippen LogP contribution in [-0.2, 0) is 9.59 Å². The number of hydrogen-bond donors (Lipinski definition) is 1. The fourth-order valence-corrected chi connectivity index (χ4v) is 0.769. The van der Waals surface area contributed by atoms with Gasteiger partial charge in [-0.15, -0.1) is 0 Å². The molecule has 1 aliphatic rings. The maximum Gasteiger partial charge on any atom is 0.354 e. The number of carbonyl (C=O) groups excluding carboxylic acids is 1. The molecule has 5 nitrogen and oxygen atoms in total. The van der Waals surface area contributed by atoms with Crippen molar-refractivity contribution in [1.29, 1.82) is 0 Å². The molecule has 0 aromatic rings. The fraction of sp³-hybridized carbons (Fsp3) is 0.286. The van der Waals surface area contributed by atoms with Crippen LogP contribution in [0.5, 0.6) is 0 Å². The number of hydrogen-bond acceptors (Lipinski definition) is 3. The van der Waals surface area contributed by atoms with Crippen LogP contribution in [0.15, 0.2) is 16.8 Å². The first kappa shape index (κ1) is 8.45. The highest BCUT2D eigenvalue weighted by Crippen LogP contribution is 2.03. The normalized spacial score (nSPS) is 15.8. The Morgan fingerprint density at radius 1 is 1.67 bits per heavy atom. The van der Waals surface area contributed by atoms with Crippen LogP contribution in [-0.4, -0.2) is 34.8 Å². The van der Waals surface area contributed by atoms with E-state index in [1.54, 1.807) is 0 Å². The number of amides is 1. The molecule has 0 atom stereocenters. The second kappa shape index (κ2) is 3.17. The van der Waals surface area contributed by atoms with Crippen LogP contribution < -0.4 is 0 Å². The topological polar surface area (TPSA) is 70.0 Å². The van der Waals surface area contributed by atoms with E-state index in [1.165, 1.54) is 24.2 Å². The minimum atomic E-state index is -1.07. The zero-order chi connectivity index (χ0) is 9.14. The SMILES string of the molecule is CC(=O)N1C=NC(C(=O)O)=CC1. The second-order valence-electron chi connectivity index (χ2n) is 2.31. The Kier molecular flexibility index (Phi) is 2.23. The van der Waals surface area contributed by atoms with Crippen molar-refractivity contribution in [2.45, 2.75) is 6.92 Å². The van der Waals surface area contributed by atoms with E-state index in [4.69, 9.17) is 5.11 Å². The van der Waals surface area contributed by atoms with E-state index in [2.05, 4.69) is 4.99 Å². The van der Waals surface area contributed by atoms with Gasteiger partial charge in [0.2, 0.25) is 5.91 Å². The van der Waals surface area contributed by atoms with Crippen molar-refractivity contribution < 1.29 is 14.7 Å². The molecule has 0 aliphatic carbocycles. The summed E-state index contributed by atoms with van der Waals surface area (Å²) in [5, 5.41) is 8.48. The molecule has 1 heterocycles. The first-order chi connectivity index (χ1) is 5.61. The Morgan fingerprint density at radius 3 is 2.67 bits per heavy atom. The number of carboxylic acid groups (broad SMARTS) is 1. The van der Waals surface area contributed by atoms with Crippen LogP contribution in [0.1, 0.15) is 6.92 Å². The zero-order valence-corrected chi connectivity index (χ0v) is 6.52. The molecule has 0 unspecified atom stereocenters. The lowest BCUT2D eigenvalue weighted by atomic mass is 10.3. The molecule has 0 fully saturated rings. The van der Waals surface area contributed by atoms with Gasteiger partial charge in [-0.3, -0.25) is 9.69 Å². The molecule has 12 heavy (non-hydrogen) atoms. The third-order valence-electron chi connectivity index (χ3n) is 1.44. The largest absolute Gasteiger partial charge is 0.477 e. The minimum Gasteiger partial charge on any atom is -0.477 e. The number of nitrogens with zero attached hydrogens (tertiary/aromatic N) is 2. The van der Waals surface area contributed by atoms with Crippen LogP contribution in [0.4, 0.5) is 0 Å². The Hall–Kier alpha value is -1.65. The summed E-state index contributed by atoms with van der Waals surface area (Å²) in [6, 6.07) is 0. The summed E-state index contributed by atoms with van der Waals surface area (Å²) < 4.78 is 0. The number of carboxylic acids is 1. The summed E-state index contributed by atoms with van der Waals surface area (Å²) in [5.74, 6) is -1.23. The predicted octanol–water partition coefficient (Wildman–Crippen LogP) is -0.155. The molecule has 64 valence electrons. The Labute approximate surface area is 69.0 Å². The molecular weight excluding hydrogens is 160 g/mol. The van der Waals surface area contributed by atoms with E-state index in [-0.39, 0.29) is 18.1 Å². The Balaban J connectivity index is 2.68. The molecule has 0 bridgehead atoms. The maximum atomic E-state index is 10.7. The lowest BCUT2D eigenvalue weighted by Gasteiger charge is -2.15. The molecule has 0 aromatic carbocycles. The molecule has 0 radical (unpaired) electrons. The molecule has 1 rings (SSSR count). The van der Waals surface area contributed by atoms with Crippen molar-refractivity contribution in [1.82, 2.24) is 4.90 Å². The number of aliphatic carboxylic acids is 1. The smallest absolute Gasteiger partial charge is 0.354 e. The second-order valence-corrected chi connectivity index (χ2v) is 2.31. The highest BCUT2D eigenvalue weighted by atomic mass is 16.4. The molecule has 5 heteroatoms. The third kappa shape index (κ3) is 1.69. The van der Waals surface area contributed by atoms with Gasteiger partial charge in [0, 0.05) is 13.5 Å². The molecule has 1 aliphatic heterocycles. The monoisotopic (exact) mass is 168 g/mol. The lowest BCUT2D eigenvalue weighted by molar-refractivity contribution is -0.133. The van der Waals surface area contributed by atoms with E-state index < -0.39 is 5.97 Å². The van der Waals surface area contributed by atoms with Crippen molar-refractivity contribution in [3.63, 3.8) is 0 Å². The van der Waals surface area contributed by atoms with Gasteiger partial charge >= 0.3 is 5.97 Å². The minimum absolute atomic E-state index is 0.0208. The van der Waals surface area contributed by atoms with Crippen LogP contribution >= 0.6 is 0 Å².